The Morgan fingerprint density at radius 1 is 1.04 bits per heavy atom. The lowest BCUT2D eigenvalue weighted by atomic mass is 10.1. The Bertz CT molecular complexity index is 920. The van der Waals surface area contributed by atoms with Crippen molar-refractivity contribution in [2.75, 3.05) is 14.1 Å². The highest BCUT2D eigenvalue weighted by Crippen LogP contribution is 2.20. The molecule has 0 amide bonds. The van der Waals surface area contributed by atoms with Crippen LogP contribution in [0, 0.1) is 6.92 Å². The van der Waals surface area contributed by atoms with Crippen LogP contribution < -0.4 is 0 Å². The van der Waals surface area contributed by atoms with Gasteiger partial charge in [-0.2, -0.15) is 0 Å². The van der Waals surface area contributed by atoms with Crippen molar-refractivity contribution in [3.8, 4) is 0 Å². The summed E-state index contributed by atoms with van der Waals surface area (Å²) in [4.78, 5) is 24.8. The first-order chi connectivity index (χ1) is 12.1. The molecule has 0 fully saturated rings. The molecule has 0 aliphatic heterocycles. The van der Waals surface area contributed by atoms with Gasteiger partial charge in [0.1, 0.15) is 0 Å². The zero-order chi connectivity index (χ0) is 19.5. The first kappa shape index (κ1) is 19.8. The van der Waals surface area contributed by atoms with Crippen LogP contribution in [-0.2, 0) is 14.8 Å². The largest absolute Gasteiger partial charge is 0.451 e. The number of ketones is 1. The third-order valence-electron chi connectivity index (χ3n) is 3.92. The number of aryl methyl sites for hydroxylation is 1. The molecule has 0 bridgehead atoms. The highest BCUT2D eigenvalue weighted by molar-refractivity contribution is 7.89. The van der Waals surface area contributed by atoms with Crippen LogP contribution in [0.4, 0.5) is 0 Å². The van der Waals surface area contributed by atoms with E-state index in [4.69, 9.17) is 4.74 Å². The highest BCUT2D eigenvalue weighted by Gasteiger charge is 2.24. The third kappa shape index (κ3) is 4.17. The first-order valence-corrected chi connectivity index (χ1v) is 9.42. The summed E-state index contributed by atoms with van der Waals surface area (Å²) in [6.07, 6.45) is -0.988. The van der Waals surface area contributed by atoms with Gasteiger partial charge >= 0.3 is 5.97 Å². The average Bonchev–Trinajstić information content (AvgIpc) is 2.61. The summed E-state index contributed by atoms with van der Waals surface area (Å²) in [7, 11) is -0.858. The normalized spacial score (nSPS) is 12.7. The summed E-state index contributed by atoms with van der Waals surface area (Å²) < 4.78 is 30.8. The second-order valence-corrected chi connectivity index (χ2v) is 8.19. The second kappa shape index (κ2) is 7.80. The Morgan fingerprint density at radius 3 is 2.23 bits per heavy atom. The molecule has 7 heteroatoms. The zero-order valence-electron chi connectivity index (χ0n) is 15.1. The molecule has 138 valence electrons. The molecule has 2 rings (SSSR count). The lowest BCUT2D eigenvalue weighted by molar-refractivity contribution is 0.0318. The maximum absolute atomic E-state index is 12.5. The molecule has 0 aliphatic carbocycles. The Kier molecular flexibility index (Phi) is 5.94. The van der Waals surface area contributed by atoms with Crippen molar-refractivity contribution in [3.63, 3.8) is 0 Å². The zero-order valence-corrected chi connectivity index (χ0v) is 15.9. The van der Waals surface area contributed by atoms with Crippen molar-refractivity contribution >= 4 is 21.8 Å². The molecule has 0 spiro atoms. The Balaban J connectivity index is 2.26. The van der Waals surface area contributed by atoms with Gasteiger partial charge in [-0.05, 0) is 31.5 Å². The van der Waals surface area contributed by atoms with Gasteiger partial charge in [-0.25, -0.2) is 17.5 Å². The number of carbonyl (C=O) groups excluding carboxylic acids is 2. The molecule has 0 saturated carbocycles. The summed E-state index contributed by atoms with van der Waals surface area (Å²) in [6.45, 7) is 3.16. The molecular formula is C19H21NO5S. The van der Waals surface area contributed by atoms with Gasteiger partial charge in [0.2, 0.25) is 15.8 Å². The molecule has 0 heterocycles. The van der Waals surface area contributed by atoms with Gasteiger partial charge in [0.15, 0.2) is 6.10 Å². The van der Waals surface area contributed by atoms with E-state index in [9.17, 15) is 18.0 Å². The predicted molar refractivity (Wildman–Crippen MR) is 97.7 cm³/mol. The molecule has 0 aromatic heterocycles. The third-order valence-corrected chi connectivity index (χ3v) is 5.73. The highest BCUT2D eigenvalue weighted by atomic mass is 32.2. The molecule has 0 saturated heterocycles. The number of esters is 1. The standard InChI is InChI=1S/C19H21NO5S/c1-13-10-11-16(26(23,24)20(3)4)12-17(13)19(22)25-14(2)18(21)15-8-6-5-7-9-15/h5-12,14H,1-4H3/t14-/m0/s1. The van der Waals surface area contributed by atoms with Gasteiger partial charge in [0.25, 0.3) is 0 Å². The van der Waals surface area contributed by atoms with Gasteiger partial charge < -0.3 is 4.74 Å². The topological polar surface area (TPSA) is 80.8 Å². The van der Waals surface area contributed by atoms with Crippen LogP contribution in [0.3, 0.4) is 0 Å². The predicted octanol–water partition coefficient (Wildman–Crippen LogP) is 2.67. The number of ether oxygens (including phenoxy) is 1. The number of rotatable bonds is 6. The molecule has 0 radical (unpaired) electrons. The first-order valence-electron chi connectivity index (χ1n) is 7.98. The maximum atomic E-state index is 12.5. The van der Waals surface area contributed by atoms with E-state index in [2.05, 4.69) is 0 Å². The number of Topliss-reactive ketones (excluding diaryl/α,β-unsaturated/α-hetero) is 1. The Morgan fingerprint density at radius 2 is 1.65 bits per heavy atom. The van der Waals surface area contributed by atoms with Crippen LogP contribution in [0.15, 0.2) is 53.4 Å². The lowest BCUT2D eigenvalue weighted by Gasteiger charge is -2.15. The van der Waals surface area contributed by atoms with Gasteiger partial charge in [-0.3, -0.25) is 4.79 Å². The monoisotopic (exact) mass is 375 g/mol. The van der Waals surface area contributed by atoms with Crippen molar-refractivity contribution in [2.24, 2.45) is 0 Å². The maximum Gasteiger partial charge on any atom is 0.339 e. The van der Waals surface area contributed by atoms with Crippen molar-refractivity contribution in [2.45, 2.75) is 24.8 Å². The quantitative estimate of drug-likeness (QED) is 0.573. The van der Waals surface area contributed by atoms with Crippen LogP contribution in [0.1, 0.15) is 33.2 Å². The fourth-order valence-corrected chi connectivity index (χ4v) is 3.24. The molecule has 6 nitrogen and oxygen atoms in total. The van der Waals surface area contributed by atoms with E-state index in [-0.39, 0.29) is 16.2 Å². The Hall–Kier alpha value is -2.51. The molecule has 26 heavy (non-hydrogen) atoms. The number of benzene rings is 2. The van der Waals surface area contributed by atoms with Crippen molar-refractivity contribution < 1.29 is 22.7 Å². The van der Waals surface area contributed by atoms with Gasteiger partial charge in [-0.1, -0.05) is 36.4 Å². The smallest absolute Gasteiger partial charge is 0.339 e. The van der Waals surface area contributed by atoms with Gasteiger partial charge in [0, 0.05) is 19.7 Å². The molecule has 0 aliphatic rings. The van der Waals surface area contributed by atoms with E-state index in [1.54, 1.807) is 37.3 Å². The minimum atomic E-state index is -3.68. The van der Waals surface area contributed by atoms with Crippen LogP contribution in [-0.4, -0.2) is 44.7 Å². The van der Waals surface area contributed by atoms with E-state index in [1.807, 2.05) is 0 Å². The fourth-order valence-electron chi connectivity index (χ4n) is 2.31. The fraction of sp³-hybridized carbons (Fsp3) is 0.263. The summed E-state index contributed by atoms with van der Waals surface area (Å²) in [5.74, 6) is -1.07. The SMILES string of the molecule is Cc1ccc(S(=O)(=O)N(C)C)cc1C(=O)O[C@@H](C)C(=O)c1ccccc1. The molecular weight excluding hydrogens is 354 g/mol. The van der Waals surface area contributed by atoms with E-state index in [0.29, 0.717) is 11.1 Å². The number of hydrogen-bond donors (Lipinski definition) is 0. The lowest BCUT2D eigenvalue weighted by Crippen LogP contribution is -2.25. The van der Waals surface area contributed by atoms with E-state index >= 15 is 0 Å². The van der Waals surface area contributed by atoms with Crippen molar-refractivity contribution in [3.05, 3.63) is 65.2 Å². The molecule has 0 unspecified atom stereocenters. The summed E-state index contributed by atoms with van der Waals surface area (Å²) in [6, 6.07) is 12.8. The van der Waals surface area contributed by atoms with Gasteiger partial charge in [0.05, 0.1) is 10.5 Å². The van der Waals surface area contributed by atoms with Crippen LogP contribution in [0.2, 0.25) is 0 Å². The molecule has 2 aromatic rings. The van der Waals surface area contributed by atoms with E-state index < -0.39 is 22.1 Å². The number of sulfonamides is 1. The summed E-state index contributed by atoms with van der Waals surface area (Å²) >= 11 is 0. The number of nitrogens with zero attached hydrogens (tertiary/aromatic N) is 1. The number of hydrogen-bond acceptors (Lipinski definition) is 5. The molecule has 0 N–H and O–H groups in total. The van der Waals surface area contributed by atoms with E-state index in [0.717, 1.165) is 4.31 Å². The van der Waals surface area contributed by atoms with Crippen LogP contribution in [0.25, 0.3) is 0 Å². The molecule has 1 atom stereocenters. The summed E-state index contributed by atoms with van der Waals surface area (Å²) in [5.41, 5.74) is 1.11. The second-order valence-electron chi connectivity index (χ2n) is 6.04. The van der Waals surface area contributed by atoms with Crippen LogP contribution >= 0.6 is 0 Å². The van der Waals surface area contributed by atoms with Crippen LogP contribution in [0.5, 0.6) is 0 Å². The number of carbonyl (C=O) groups is 2. The minimum absolute atomic E-state index is 0.0120. The Labute approximate surface area is 153 Å². The van der Waals surface area contributed by atoms with Crippen molar-refractivity contribution in [1.82, 2.24) is 4.31 Å². The minimum Gasteiger partial charge on any atom is -0.451 e. The van der Waals surface area contributed by atoms with Gasteiger partial charge in [-0.15, -0.1) is 0 Å². The average molecular weight is 375 g/mol. The summed E-state index contributed by atoms with van der Waals surface area (Å²) in [5, 5.41) is 0. The van der Waals surface area contributed by atoms with E-state index in [1.165, 1.54) is 39.2 Å². The van der Waals surface area contributed by atoms with Crippen molar-refractivity contribution in [1.29, 1.82) is 0 Å². The molecule has 2 aromatic carbocycles.